The fraction of sp³-hybridized carbons (Fsp3) is 0.571. The van der Waals surface area contributed by atoms with Crippen molar-refractivity contribution < 1.29 is 38.1 Å². The normalized spacial score (nSPS) is 24.8. The number of ether oxygens (including phenoxy) is 3. The van der Waals surface area contributed by atoms with Crippen LogP contribution in [0, 0.1) is 11.7 Å². The standard InChI is InChI=1S/C21H28FNO7/c1-14-19(29-11-10-24)16(12-15-6-8-17(22)9-7-15)4-3-5-18(20(25)30-14)23(13-28-2)21(26)27/h6-10,14,16,18-19H,3-5,11-13H2,1-2H3,(H,26,27)/t14-,16+,18-,19-/m0/s1. The smallest absolute Gasteiger partial charge is 0.409 e. The molecule has 30 heavy (non-hydrogen) atoms. The highest BCUT2D eigenvalue weighted by Crippen LogP contribution is 2.28. The first-order chi connectivity index (χ1) is 14.4. The summed E-state index contributed by atoms with van der Waals surface area (Å²) in [6, 6.07) is 5.12. The average Bonchev–Trinajstić information content (AvgIpc) is 2.75. The van der Waals surface area contributed by atoms with Gasteiger partial charge in [-0.2, -0.15) is 0 Å². The topological polar surface area (TPSA) is 102 Å². The molecule has 9 heteroatoms. The molecule has 1 aliphatic heterocycles. The van der Waals surface area contributed by atoms with Gasteiger partial charge in [0.05, 0.1) is 6.10 Å². The van der Waals surface area contributed by atoms with Gasteiger partial charge in [-0.15, -0.1) is 0 Å². The van der Waals surface area contributed by atoms with Gasteiger partial charge in [0.25, 0.3) is 0 Å². The summed E-state index contributed by atoms with van der Waals surface area (Å²) in [5, 5.41) is 9.45. The van der Waals surface area contributed by atoms with Crippen LogP contribution in [-0.2, 0) is 30.2 Å². The zero-order chi connectivity index (χ0) is 22.1. The predicted octanol–water partition coefficient (Wildman–Crippen LogP) is 2.64. The molecule has 1 heterocycles. The van der Waals surface area contributed by atoms with Crippen LogP contribution in [-0.4, -0.2) is 67.1 Å². The Morgan fingerprint density at radius 1 is 1.33 bits per heavy atom. The molecule has 0 saturated carbocycles. The first-order valence-corrected chi connectivity index (χ1v) is 9.86. The third-order valence-electron chi connectivity index (χ3n) is 5.21. The number of nitrogens with zero attached hydrogens (tertiary/aromatic N) is 1. The number of methoxy groups -OCH3 is 1. The van der Waals surface area contributed by atoms with E-state index < -0.39 is 30.3 Å². The minimum Gasteiger partial charge on any atom is -0.465 e. The number of hydrogen-bond acceptors (Lipinski definition) is 6. The molecule has 1 fully saturated rings. The highest BCUT2D eigenvalue weighted by molar-refractivity contribution is 5.81. The number of benzene rings is 1. The van der Waals surface area contributed by atoms with Gasteiger partial charge in [-0.25, -0.2) is 14.0 Å². The minimum absolute atomic E-state index is 0.113. The fourth-order valence-corrected chi connectivity index (χ4v) is 3.83. The molecule has 166 valence electrons. The average molecular weight is 425 g/mol. The zero-order valence-corrected chi connectivity index (χ0v) is 17.2. The number of hydrogen-bond donors (Lipinski definition) is 1. The summed E-state index contributed by atoms with van der Waals surface area (Å²) in [5.74, 6) is -1.12. The molecular weight excluding hydrogens is 397 g/mol. The van der Waals surface area contributed by atoms with E-state index in [1.165, 1.54) is 19.2 Å². The van der Waals surface area contributed by atoms with Crippen LogP contribution in [0.3, 0.4) is 0 Å². The lowest BCUT2D eigenvalue weighted by molar-refractivity contribution is -0.165. The lowest BCUT2D eigenvalue weighted by Crippen LogP contribution is -2.47. The molecule has 4 atom stereocenters. The van der Waals surface area contributed by atoms with Crippen molar-refractivity contribution in [2.75, 3.05) is 20.4 Å². The first kappa shape index (κ1) is 23.8. The summed E-state index contributed by atoms with van der Waals surface area (Å²) < 4.78 is 29.4. The van der Waals surface area contributed by atoms with Crippen molar-refractivity contribution in [3.05, 3.63) is 35.6 Å². The van der Waals surface area contributed by atoms with Crippen LogP contribution in [0.15, 0.2) is 24.3 Å². The van der Waals surface area contributed by atoms with Crippen molar-refractivity contribution in [2.45, 2.75) is 50.9 Å². The van der Waals surface area contributed by atoms with Gasteiger partial charge in [0.2, 0.25) is 0 Å². The van der Waals surface area contributed by atoms with Gasteiger partial charge in [0, 0.05) is 7.11 Å². The molecule has 1 N–H and O–H groups in total. The largest absolute Gasteiger partial charge is 0.465 e. The monoisotopic (exact) mass is 425 g/mol. The van der Waals surface area contributed by atoms with E-state index in [1.807, 2.05) is 0 Å². The van der Waals surface area contributed by atoms with Crippen molar-refractivity contribution in [3.8, 4) is 0 Å². The summed E-state index contributed by atoms with van der Waals surface area (Å²) in [5.41, 5.74) is 0.891. The van der Waals surface area contributed by atoms with Crippen LogP contribution in [0.25, 0.3) is 0 Å². The van der Waals surface area contributed by atoms with Gasteiger partial charge in [0.15, 0.2) is 0 Å². The fourth-order valence-electron chi connectivity index (χ4n) is 3.83. The van der Waals surface area contributed by atoms with Crippen LogP contribution < -0.4 is 0 Å². The molecule has 0 bridgehead atoms. The van der Waals surface area contributed by atoms with Gasteiger partial charge in [-0.3, -0.25) is 4.90 Å². The number of halogens is 1. The summed E-state index contributed by atoms with van der Waals surface area (Å²) in [6.07, 6.45) is 0.0288. The van der Waals surface area contributed by atoms with Crippen molar-refractivity contribution in [1.82, 2.24) is 4.90 Å². The lowest BCUT2D eigenvalue weighted by atomic mass is 9.86. The highest BCUT2D eigenvalue weighted by Gasteiger charge is 2.37. The van der Waals surface area contributed by atoms with Crippen molar-refractivity contribution in [2.24, 2.45) is 5.92 Å². The van der Waals surface area contributed by atoms with Gasteiger partial charge >= 0.3 is 12.1 Å². The second-order valence-corrected chi connectivity index (χ2v) is 7.31. The van der Waals surface area contributed by atoms with Crippen molar-refractivity contribution in [3.63, 3.8) is 0 Å². The van der Waals surface area contributed by atoms with E-state index in [0.717, 1.165) is 10.5 Å². The number of carboxylic acid groups (broad SMARTS) is 1. The molecule has 0 unspecified atom stereocenters. The summed E-state index contributed by atoms with van der Waals surface area (Å²) in [4.78, 5) is 36.1. The molecular formula is C21H28FNO7. The number of rotatable bonds is 8. The number of carbonyl (C=O) groups is 3. The Morgan fingerprint density at radius 3 is 2.63 bits per heavy atom. The number of cyclic esters (lactones) is 1. The predicted molar refractivity (Wildman–Crippen MR) is 104 cm³/mol. The van der Waals surface area contributed by atoms with Crippen molar-refractivity contribution >= 4 is 18.3 Å². The van der Waals surface area contributed by atoms with Crippen LogP contribution in [0.1, 0.15) is 31.7 Å². The van der Waals surface area contributed by atoms with E-state index >= 15 is 0 Å². The maximum absolute atomic E-state index is 13.2. The van der Waals surface area contributed by atoms with Crippen LogP contribution in [0.4, 0.5) is 9.18 Å². The summed E-state index contributed by atoms with van der Waals surface area (Å²) in [7, 11) is 1.35. The number of carbonyl (C=O) groups excluding carboxylic acids is 2. The number of amides is 1. The minimum atomic E-state index is -1.28. The van der Waals surface area contributed by atoms with Crippen molar-refractivity contribution in [1.29, 1.82) is 0 Å². The molecule has 1 aromatic rings. The third kappa shape index (κ3) is 6.50. The molecule has 1 aromatic carbocycles. The molecule has 1 amide bonds. The van der Waals surface area contributed by atoms with Crippen LogP contribution in [0.2, 0.25) is 0 Å². The highest BCUT2D eigenvalue weighted by atomic mass is 19.1. The molecule has 0 radical (unpaired) electrons. The Bertz CT molecular complexity index is 712. The van der Waals surface area contributed by atoms with Gasteiger partial charge in [-0.05, 0) is 49.8 Å². The van der Waals surface area contributed by atoms with Gasteiger partial charge in [0.1, 0.15) is 37.6 Å². The zero-order valence-electron chi connectivity index (χ0n) is 17.2. The lowest BCUT2D eigenvalue weighted by Gasteiger charge is -2.31. The Kier molecular flexibility index (Phi) is 9.19. The van der Waals surface area contributed by atoms with Gasteiger partial charge < -0.3 is 24.1 Å². The van der Waals surface area contributed by atoms with E-state index in [9.17, 15) is 23.9 Å². The second kappa shape index (κ2) is 11.6. The van der Waals surface area contributed by atoms with E-state index in [1.54, 1.807) is 19.1 Å². The Balaban J connectivity index is 2.25. The molecule has 1 aliphatic rings. The SMILES string of the molecule is COCN(C(=O)O)[C@H]1CCC[C@H](Cc2ccc(F)cc2)[C@@H](OCC=O)[C@H](C)OC1=O. The van der Waals surface area contributed by atoms with E-state index in [2.05, 4.69) is 0 Å². The second-order valence-electron chi connectivity index (χ2n) is 7.31. The molecule has 8 nitrogen and oxygen atoms in total. The van der Waals surface area contributed by atoms with E-state index in [4.69, 9.17) is 14.2 Å². The first-order valence-electron chi connectivity index (χ1n) is 9.86. The Morgan fingerprint density at radius 2 is 2.03 bits per heavy atom. The van der Waals surface area contributed by atoms with Crippen LogP contribution >= 0.6 is 0 Å². The maximum atomic E-state index is 13.2. The van der Waals surface area contributed by atoms with Gasteiger partial charge in [-0.1, -0.05) is 18.6 Å². The summed E-state index contributed by atoms with van der Waals surface area (Å²) in [6.45, 7) is 1.25. The molecule has 2 rings (SSSR count). The molecule has 1 saturated heterocycles. The molecule has 0 aliphatic carbocycles. The maximum Gasteiger partial charge on any atom is 0.409 e. The Labute approximate surface area is 174 Å². The van der Waals surface area contributed by atoms with E-state index in [-0.39, 0.29) is 31.5 Å². The third-order valence-corrected chi connectivity index (χ3v) is 5.21. The summed E-state index contributed by atoms with van der Waals surface area (Å²) >= 11 is 0. The Hall–Kier alpha value is -2.52. The molecule has 0 aromatic heterocycles. The molecule has 0 spiro atoms. The number of esters is 1. The van der Waals surface area contributed by atoms with E-state index in [0.29, 0.717) is 25.5 Å². The quantitative estimate of drug-likeness (QED) is 0.388. The van der Waals surface area contributed by atoms with Crippen LogP contribution in [0.5, 0.6) is 0 Å². The number of aldehydes is 1.